The molecule has 0 aliphatic carbocycles. The quantitative estimate of drug-likeness (QED) is 0.881. The molecule has 2 N–H and O–H groups in total. The van der Waals surface area contributed by atoms with Crippen molar-refractivity contribution in [1.29, 1.82) is 0 Å². The van der Waals surface area contributed by atoms with Crippen LogP contribution < -0.4 is 5.73 Å². The fraction of sp³-hybridized carbons (Fsp3) is 0.294. The summed E-state index contributed by atoms with van der Waals surface area (Å²) in [7, 11) is 0. The van der Waals surface area contributed by atoms with Crippen LogP contribution >= 0.6 is 12.4 Å². The molecule has 1 unspecified atom stereocenters. The summed E-state index contributed by atoms with van der Waals surface area (Å²) >= 11 is 0. The molecular formula is C17H22ClN. The molecule has 2 rings (SSSR count). The topological polar surface area (TPSA) is 26.0 Å². The normalized spacial score (nSPS) is 11.7. The SMILES string of the molecule is CCC(N)Cc1ccccc1-c1ccccc1C.Cl. The Balaban J connectivity index is 0.00000180. The number of nitrogens with two attached hydrogens (primary N) is 1. The third kappa shape index (κ3) is 3.82. The van der Waals surface area contributed by atoms with Crippen molar-refractivity contribution in [1.82, 2.24) is 0 Å². The zero-order valence-corrected chi connectivity index (χ0v) is 12.4. The van der Waals surface area contributed by atoms with E-state index in [4.69, 9.17) is 5.73 Å². The summed E-state index contributed by atoms with van der Waals surface area (Å²) in [6, 6.07) is 17.4. The number of hydrogen-bond donors (Lipinski definition) is 1. The second kappa shape index (κ2) is 7.32. The summed E-state index contributed by atoms with van der Waals surface area (Å²) in [5, 5.41) is 0. The number of hydrogen-bond acceptors (Lipinski definition) is 1. The van der Waals surface area contributed by atoms with Gasteiger partial charge in [0.2, 0.25) is 0 Å². The predicted molar refractivity (Wildman–Crippen MR) is 85.8 cm³/mol. The van der Waals surface area contributed by atoms with E-state index in [2.05, 4.69) is 62.4 Å². The summed E-state index contributed by atoms with van der Waals surface area (Å²) in [5.41, 5.74) is 11.4. The van der Waals surface area contributed by atoms with Gasteiger partial charge in [0.1, 0.15) is 0 Å². The number of rotatable bonds is 4. The van der Waals surface area contributed by atoms with Gasteiger partial charge in [0.15, 0.2) is 0 Å². The van der Waals surface area contributed by atoms with Gasteiger partial charge in [-0.1, -0.05) is 55.5 Å². The second-order valence-corrected chi connectivity index (χ2v) is 4.84. The Labute approximate surface area is 122 Å². The van der Waals surface area contributed by atoms with E-state index < -0.39 is 0 Å². The summed E-state index contributed by atoms with van der Waals surface area (Å²) in [5.74, 6) is 0. The second-order valence-electron chi connectivity index (χ2n) is 4.84. The Kier molecular flexibility index (Phi) is 6.07. The highest BCUT2D eigenvalue weighted by Crippen LogP contribution is 2.27. The van der Waals surface area contributed by atoms with E-state index in [1.807, 2.05) is 0 Å². The van der Waals surface area contributed by atoms with Crippen LogP contribution in [0.3, 0.4) is 0 Å². The number of halogens is 1. The molecule has 0 aromatic heterocycles. The standard InChI is InChI=1S/C17H21N.ClH/c1-3-15(18)12-14-9-5-7-11-17(14)16-10-6-4-8-13(16)2;/h4-11,15H,3,12,18H2,1-2H3;1H. The molecule has 1 nitrogen and oxygen atoms in total. The molecule has 0 bridgehead atoms. The molecule has 19 heavy (non-hydrogen) atoms. The van der Waals surface area contributed by atoms with Gasteiger partial charge in [-0.05, 0) is 42.0 Å². The molecule has 0 saturated carbocycles. The van der Waals surface area contributed by atoms with E-state index in [1.54, 1.807) is 0 Å². The van der Waals surface area contributed by atoms with Crippen LogP contribution in [0.1, 0.15) is 24.5 Å². The van der Waals surface area contributed by atoms with Crippen LogP contribution in [0.4, 0.5) is 0 Å². The van der Waals surface area contributed by atoms with Crippen molar-refractivity contribution in [3.63, 3.8) is 0 Å². The van der Waals surface area contributed by atoms with Gasteiger partial charge in [-0.3, -0.25) is 0 Å². The van der Waals surface area contributed by atoms with Crippen LogP contribution in [0.25, 0.3) is 11.1 Å². The van der Waals surface area contributed by atoms with E-state index in [0.29, 0.717) is 0 Å². The first-order valence-corrected chi connectivity index (χ1v) is 6.62. The predicted octanol–water partition coefficient (Wildman–Crippen LogP) is 4.36. The summed E-state index contributed by atoms with van der Waals surface area (Å²) in [6.45, 7) is 4.30. The van der Waals surface area contributed by atoms with Gasteiger partial charge in [-0.25, -0.2) is 0 Å². The first kappa shape index (κ1) is 15.7. The highest BCUT2D eigenvalue weighted by atomic mass is 35.5. The first-order valence-electron chi connectivity index (χ1n) is 6.62. The van der Waals surface area contributed by atoms with Crippen molar-refractivity contribution in [3.05, 3.63) is 59.7 Å². The molecule has 2 heteroatoms. The number of aryl methyl sites for hydroxylation is 1. The van der Waals surface area contributed by atoms with E-state index in [9.17, 15) is 0 Å². The molecule has 0 heterocycles. The van der Waals surface area contributed by atoms with Crippen LogP contribution in [0.15, 0.2) is 48.5 Å². The van der Waals surface area contributed by atoms with Crippen LogP contribution in [0, 0.1) is 6.92 Å². The van der Waals surface area contributed by atoms with Crippen molar-refractivity contribution in [3.8, 4) is 11.1 Å². The Hall–Kier alpha value is -1.31. The van der Waals surface area contributed by atoms with Gasteiger partial charge in [-0.2, -0.15) is 0 Å². The minimum atomic E-state index is 0. The highest BCUT2D eigenvalue weighted by molar-refractivity contribution is 5.85. The lowest BCUT2D eigenvalue weighted by Crippen LogP contribution is -2.21. The summed E-state index contributed by atoms with van der Waals surface area (Å²) < 4.78 is 0. The largest absolute Gasteiger partial charge is 0.327 e. The Morgan fingerprint density at radius 2 is 1.53 bits per heavy atom. The van der Waals surface area contributed by atoms with Gasteiger partial charge in [0.25, 0.3) is 0 Å². The third-order valence-electron chi connectivity index (χ3n) is 3.46. The third-order valence-corrected chi connectivity index (χ3v) is 3.46. The lowest BCUT2D eigenvalue weighted by Gasteiger charge is -2.15. The summed E-state index contributed by atoms with van der Waals surface area (Å²) in [4.78, 5) is 0. The van der Waals surface area contributed by atoms with Crippen molar-refractivity contribution < 1.29 is 0 Å². The maximum Gasteiger partial charge on any atom is 0.00769 e. The molecule has 102 valence electrons. The Bertz CT molecular complexity index is 522. The molecule has 0 spiro atoms. The molecule has 0 radical (unpaired) electrons. The van der Waals surface area contributed by atoms with E-state index in [1.165, 1.54) is 22.3 Å². The molecular weight excluding hydrogens is 254 g/mol. The van der Waals surface area contributed by atoms with Crippen LogP contribution in [0.5, 0.6) is 0 Å². The van der Waals surface area contributed by atoms with E-state index in [-0.39, 0.29) is 18.4 Å². The van der Waals surface area contributed by atoms with Gasteiger partial charge < -0.3 is 5.73 Å². The fourth-order valence-corrected chi connectivity index (χ4v) is 2.26. The lowest BCUT2D eigenvalue weighted by atomic mass is 9.92. The Morgan fingerprint density at radius 3 is 2.16 bits per heavy atom. The average molecular weight is 276 g/mol. The molecule has 0 saturated heterocycles. The minimum Gasteiger partial charge on any atom is -0.327 e. The zero-order chi connectivity index (χ0) is 13.0. The smallest absolute Gasteiger partial charge is 0.00769 e. The average Bonchev–Trinajstić information content (AvgIpc) is 2.40. The first-order chi connectivity index (χ1) is 8.72. The van der Waals surface area contributed by atoms with Crippen LogP contribution in [-0.2, 0) is 6.42 Å². The molecule has 0 aliphatic rings. The van der Waals surface area contributed by atoms with Crippen LogP contribution in [0.2, 0.25) is 0 Å². The maximum atomic E-state index is 6.09. The minimum absolute atomic E-state index is 0. The molecule has 1 atom stereocenters. The van der Waals surface area contributed by atoms with E-state index >= 15 is 0 Å². The lowest BCUT2D eigenvalue weighted by molar-refractivity contribution is 0.647. The molecule has 2 aromatic carbocycles. The fourth-order valence-electron chi connectivity index (χ4n) is 2.26. The van der Waals surface area contributed by atoms with Crippen LogP contribution in [-0.4, -0.2) is 6.04 Å². The van der Waals surface area contributed by atoms with E-state index in [0.717, 1.165) is 12.8 Å². The summed E-state index contributed by atoms with van der Waals surface area (Å²) in [6.07, 6.45) is 1.96. The molecule has 0 amide bonds. The van der Waals surface area contributed by atoms with Gasteiger partial charge >= 0.3 is 0 Å². The van der Waals surface area contributed by atoms with Crippen molar-refractivity contribution in [2.75, 3.05) is 0 Å². The monoisotopic (exact) mass is 275 g/mol. The maximum absolute atomic E-state index is 6.09. The van der Waals surface area contributed by atoms with Crippen molar-refractivity contribution in [2.45, 2.75) is 32.7 Å². The van der Waals surface area contributed by atoms with Gasteiger partial charge in [-0.15, -0.1) is 12.4 Å². The molecule has 0 fully saturated rings. The molecule has 2 aromatic rings. The highest BCUT2D eigenvalue weighted by Gasteiger charge is 2.09. The zero-order valence-electron chi connectivity index (χ0n) is 11.6. The molecule has 0 aliphatic heterocycles. The van der Waals surface area contributed by atoms with Crippen molar-refractivity contribution in [2.24, 2.45) is 5.73 Å². The van der Waals surface area contributed by atoms with Gasteiger partial charge in [0.05, 0.1) is 0 Å². The van der Waals surface area contributed by atoms with Crippen molar-refractivity contribution >= 4 is 12.4 Å². The van der Waals surface area contributed by atoms with Gasteiger partial charge in [0, 0.05) is 6.04 Å². The number of benzene rings is 2. The Morgan fingerprint density at radius 1 is 0.947 bits per heavy atom.